The van der Waals surface area contributed by atoms with E-state index < -0.39 is 18.1 Å². The number of carbonyl (C=O) groups excluding carboxylic acids is 2. The molecule has 0 bridgehead atoms. The fourth-order valence-electron chi connectivity index (χ4n) is 6.39. The van der Waals surface area contributed by atoms with Gasteiger partial charge < -0.3 is 30.2 Å². The molecule has 2 heterocycles. The van der Waals surface area contributed by atoms with Gasteiger partial charge >= 0.3 is 0 Å². The number of ether oxygens (including phenoxy) is 3. The zero-order valence-corrected chi connectivity index (χ0v) is 29.8. The monoisotopic (exact) mass is 688 g/mol. The lowest BCUT2D eigenvalue weighted by Gasteiger charge is -2.25. The molecule has 12 nitrogen and oxygen atoms in total. The van der Waals surface area contributed by atoms with Gasteiger partial charge in [-0.3, -0.25) is 18.8 Å². The molecule has 260 valence electrons. The maximum absolute atomic E-state index is 14.0. The lowest BCUT2D eigenvalue weighted by molar-refractivity contribution is -0.123. The Morgan fingerprint density at radius 3 is 2.49 bits per heavy atom. The van der Waals surface area contributed by atoms with Crippen LogP contribution in [0.15, 0.2) is 53.5 Å². The maximum atomic E-state index is 14.0. The first kappa shape index (κ1) is 35.5. The first-order valence-electron chi connectivity index (χ1n) is 16.2. The van der Waals surface area contributed by atoms with Gasteiger partial charge in [0, 0.05) is 18.7 Å². The number of hydrogen-bond donors (Lipinski definition) is 3. The normalized spacial score (nSPS) is 15.0. The van der Waals surface area contributed by atoms with E-state index in [9.17, 15) is 14.4 Å². The van der Waals surface area contributed by atoms with E-state index in [1.807, 2.05) is 61.0 Å². The Morgan fingerprint density at radius 2 is 1.82 bits per heavy atom. The van der Waals surface area contributed by atoms with E-state index in [0.717, 1.165) is 16.9 Å². The number of nitrogens with one attached hydrogen (secondary N) is 3. The minimum atomic E-state index is -0.747. The summed E-state index contributed by atoms with van der Waals surface area (Å²) in [5.41, 5.74) is 3.64. The van der Waals surface area contributed by atoms with Gasteiger partial charge in [-0.2, -0.15) is 11.8 Å². The Morgan fingerprint density at radius 1 is 1.04 bits per heavy atom. The minimum Gasteiger partial charge on any atom is -0.493 e. The summed E-state index contributed by atoms with van der Waals surface area (Å²) in [6, 6.07) is 11.0. The molecule has 4 aromatic rings. The van der Waals surface area contributed by atoms with E-state index in [1.54, 1.807) is 45.2 Å². The van der Waals surface area contributed by atoms with Gasteiger partial charge in [0.25, 0.3) is 0 Å². The van der Waals surface area contributed by atoms with E-state index in [0.29, 0.717) is 59.1 Å². The highest BCUT2D eigenvalue weighted by atomic mass is 32.2. The quantitative estimate of drug-likeness (QED) is 0.176. The van der Waals surface area contributed by atoms with Gasteiger partial charge in [0.2, 0.25) is 23.0 Å². The number of hydrogen-bond acceptors (Lipinski definition) is 10. The fraction of sp³-hybridized carbons (Fsp3) is 0.417. The highest BCUT2D eigenvalue weighted by molar-refractivity contribution is 7.98. The molecule has 1 aliphatic rings. The number of rotatable bonds is 13. The van der Waals surface area contributed by atoms with Gasteiger partial charge in [-0.25, -0.2) is 0 Å². The van der Waals surface area contributed by atoms with Crippen LogP contribution in [0.1, 0.15) is 62.6 Å². The summed E-state index contributed by atoms with van der Waals surface area (Å²) in [7, 11) is 4.67. The Bertz CT molecular complexity index is 1900. The number of methoxy groups -OCH3 is 3. The van der Waals surface area contributed by atoms with E-state index in [2.05, 4.69) is 26.1 Å². The first-order chi connectivity index (χ1) is 23.6. The number of anilines is 1. The molecule has 2 aromatic carbocycles. The number of aryl methyl sites for hydroxylation is 1. The second-order valence-electron chi connectivity index (χ2n) is 12.3. The molecule has 3 N–H and O–H groups in total. The molecular formula is C36H44N6O6S. The molecule has 0 saturated heterocycles. The molecule has 0 spiro atoms. The van der Waals surface area contributed by atoms with Gasteiger partial charge in [0.05, 0.1) is 39.1 Å². The smallest absolute Gasteiger partial charge is 0.243 e. The molecule has 0 radical (unpaired) electrons. The van der Waals surface area contributed by atoms with Crippen molar-refractivity contribution in [2.75, 3.05) is 38.7 Å². The van der Waals surface area contributed by atoms with Gasteiger partial charge in [0.1, 0.15) is 6.04 Å². The van der Waals surface area contributed by atoms with Crippen molar-refractivity contribution in [2.45, 2.75) is 58.2 Å². The third-order valence-corrected chi connectivity index (χ3v) is 9.40. The predicted octanol–water partition coefficient (Wildman–Crippen LogP) is 4.95. The van der Waals surface area contributed by atoms with Gasteiger partial charge in [-0.15, -0.1) is 10.2 Å². The number of thioether (sulfide) groups is 1. The van der Waals surface area contributed by atoms with Crippen molar-refractivity contribution in [3.05, 3.63) is 75.8 Å². The van der Waals surface area contributed by atoms with Gasteiger partial charge in [-0.05, 0) is 84.2 Å². The lowest BCUT2D eigenvalue weighted by atomic mass is 9.95. The van der Waals surface area contributed by atoms with Crippen molar-refractivity contribution in [3.63, 3.8) is 0 Å². The van der Waals surface area contributed by atoms with Crippen molar-refractivity contribution >= 4 is 34.9 Å². The van der Waals surface area contributed by atoms with Crippen molar-refractivity contribution in [1.82, 2.24) is 25.2 Å². The van der Waals surface area contributed by atoms with Crippen molar-refractivity contribution in [3.8, 4) is 28.4 Å². The Kier molecular flexibility index (Phi) is 11.3. The molecular weight excluding hydrogens is 644 g/mol. The van der Waals surface area contributed by atoms with E-state index in [4.69, 9.17) is 14.2 Å². The third-order valence-electron chi connectivity index (χ3n) is 8.76. The Labute approximate surface area is 290 Å². The second kappa shape index (κ2) is 15.6. The molecule has 49 heavy (non-hydrogen) atoms. The minimum absolute atomic E-state index is 0.177. The number of benzene rings is 1. The summed E-state index contributed by atoms with van der Waals surface area (Å²) in [6.45, 7) is 5.31. The first-order valence-corrected chi connectivity index (χ1v) is 17.6. The Balaban J connectivity index is 1.56. The van der Waals surface area contributed by atoms with Gasteiger partial charge in [-0.1, -0.05) is 26.0 Å². The molecule has 1 aliphatic carbocycles. The standard InChI is InChI=1S/C36H44N6O6S/c1-20(2)32(36(45)39-27(15-17-49-7)35-41-40-30-10-8-9-16-42(30)35)38-26-14-12-23-24(19-28(26)44)25(37-21(3)43)13-11-22-18-29(46-4)33(47-5)34(48-6)31(22)23/h8-10,12,14,16,18-20,25,27,32H,11,13,15,17H2,1-7H3,(H,37,43)(H,38,44)(H,39,45)/t25-,27-,32-/m0/s1. The zero-order chi connectivity index (χ0) is 35.2. The average molecular weight is 689 g/mol. The van der Waals surface area contributed by atoms with Crippen LogP contribution >= 0.6 is 11.8 Å². The molecule has 3 atom stereocenters. The average Bonchev–Trinajstić information content (AvgIpc) is 3.38. The van der Waals surface area contributed by atoms with Crippen LogP contribution in [0.5, 0.6) is 17.2 Å². The fourth-order valence-corrected chi connectivity index (χ4v) is 6.86. The van der Waals surface area contributed by atoms with Crippen LogP contribution in [0, 0.1) is 5.92 Å². The summed E-state index contributed by atoms with van der Waals surface area (Å²) in [4.78, 5) is 40.3. The van der Waals surface area contributed by atoms with Crippen molar-refractivity contribution < 1.29 is 23.8 Å². The van der Waals surface area contributed by atoms with Crippen LogP contribution in [-0.4, -0.2) is 65.8 Å². The van der Waals surface area contributed by atoms with Gasteiger partial charge in [0.15, 0.2) is 23.0 Å². The third kappa shape index (κ3) is 7.46. The molecule has 5 rings (SSSR count). The topological polar surface area (TPSA) is 145 Å². The van der Waals surface area contributed by atoms with Crippen LogP contribution in [0.2, 0.25) is 0 Å². The summed E-state index contributed by atoms with van der Waals surface area (Å²) >= 11 is 1.68. The van der Waals surface area contributed by atoms with Crippen LogP contribution in [0.4, 0.5) is 5.69 Å². The van der Waals surface area contributed by atoms with Crippen molar-refractivity contribution in [1.29, 1.82) is 0 Å². The van der Waals surface area contributed by atoms with E-state index in [-0.39, 0.29) is 28.8 Å². The molecule has 2 amide bonds. The van der Waals surface area contributed by atoms with Crippen LogP contribution in [-0.2, 0) is 16.0 Å². The number of fused-ring (bicyclic) bond motifs is 4. The molecule has 2 aromatic heterocycles. The molecule has 0 unspecified atom stereocenters. The number of amides is 2. The Hall–Kier alpha value is -4.78. The number of carbonyl (C=O) groups is 2. The highest BCUT2D eigenvalue weighted by Gasteiger charge is 2.31. The largest absolute Gasteiger partial charge is 0.493 e. The zero-order valence-electron chi connectivity index (χ0n) is 29.0. The summed E-state index contributed by atoms with van der Waals surface area (Å²) in [5, 5.41) is 18.2. The lowest BCUT2D eigenvalue weighted by Crippen LogP contribution is -2.45. The maximum Gasteiger partial charge on any atom is 0.243 e. The molecule has 0 aliphatic heterocycles. The highest BCUT2D eigenvalue weighted by Crippen LogP contribution is 2.50. The second-order valence-corrected chi connectivity index (χ2v) is 13.3. The van der Waals surface area contributed by atoms with E-state index >= 15 is 0 Å². The summed E-state index contributed by atoms with van der Waals surface area (Å²) in [6.07, 6.45) is 5.67. The number of pyridine rings is 1. The van der Waals surface area contributed by atoms with Crippen molar-refractivity contribution in [2.24, 2.45) is 5.92 Å². The number of nitrogens with zero attached hydrogens (tertiary/aromatic N) is 3. The van der Waals surface area contributed by atoms with Crippen LogP contribution in [0.25, 0.3) is 16.8 Å². The number of aromatic nitrogens is 3. The predicted molar refractivity (Wildman–Crippen MR) is 192 cm³/mol. The van der Waals surface area contributed by atoms with Crippen LogP contribution < -0.4 is 35.6 Å². The molecule has 0 fully saturated rings. The van der Waals surface area contributed by atoms with Crippen LogP contribution in [0.3, 0.4) is 0 Å². The summed E-state index contributed by atoms with van der Waals surface area (Å²) < 4.78 is 19.1. The molecule has 13 heteroatoms. The molecule has 0 saturated carbocycles. The summed E-state index contributed by atoms with van der Waals surface area (Å²) in [5.74, 6) is 2.20. The SMILES string of the molecule is COc1cc2c(c(OC)c1OC)-c1ccc(N[C@H](C(=O)N[C@@H](CCSC)c3nnc4ccccn34)C(C)C)c(=O)cc1[C@@H](NC(C)=O)CC2. The van der Waals surface area contributed by atoms with E-state index in [1.165, 1.54) is 6.92 Å².